The van der Waals surface area contributed by atoms with Crippen LogP contribution in [0.4, 0.5) is 0 Å². The molecule has 0 radical (unpaired) electrons. The molecule has 1 aliphatic heterocycles. The molecular weight excluding hydrogens is 391 g/mol. The van der Waals surface area contributed by atoms with Gasteiger partial charge in [-0.25, -0.2) is 0 Å². The van der Waals surface area contributed by atoms with Gasteiger partial charge in [0, 0.05) is 0 Å². The summed E-state index contributed by atoms with van der Waals surface area (Å²) < 4.78 is 7.93. The molecule has 1 unspecified atom stereocenters. The van der Waals surface area contributed by atoms with Crippen molar-refractivity contribution in [2.24, 2.45) is 0 Å². The van der Waals surface area contributed by atoms with Gasteiger partial charge in [-0.3, -0.25) is 0 Å². The van der Waals surface area contributed by atoms with Crippen molar-refractivity contribution in [3.05, 3.63) is 81.5 Å². The molecule has 1 nitrogen and oxygen atoms in total. The summed E-state index contributed by atoms with van der Waals surface area (Å²) in [5.74, 6) is 1.02. The van der Waals surface area contributed by atoms with Crippen molar-refractivity contribution in [2.45, 2.75) is 17.3 Å². The molecule has 0 fully saturated rings. The van der Waals surface area contributed by atoms with Crippen LogP contribution in [0.15, 0.2) is 65.4 Å². The Morgan fingerprint density at radius 3 is 2.65 bits per heavy atom. The van der Waals surface area contributed by atoms with Crippen LogP contribution in [-0.2, 0) is 12.0 Å². The molecule has 0 N–H and O–H groups in total. The van der Waals surface area contributed by atoms with Gasteiger partial charge in [0.05, 0.1) is 0 Å². The van der Waals surface area contributed by atoms with Gasteiger partial charge >= 0.3 is 152 Å². The average molecular weight is 406 g/mol. The number of halogens is 1. The zero-order valence-electron chi connectivity index (χ0n) is 12.4. The van der Waals surface area contributed by atoms with Crippen LogP contribution in [0.5, 0.6) is 5.75 Å². The van der Waals surface area contributed by atoms with E-state index in [1.807, 2.05) is 18.2 Å². The monoisotopic (exact) mass is 406 g/mol. The molecule has 1 aromatic heterocycles. The standard InChI is InChI=1S/C19H15ClOSSe/c20-16-7-5-15(6-8-16)19(13-23-17-9-10-22-12-17)11-14-3-1-2-4-18(14)21-19/h1-10,12H,11,13H2. The number of benzene rings is 2. The number of fused-ring (bicyclic) bond motifs is 1. The van der Waals surface area contributed by atoms with Crippen molar-refractivity contribution in [1.82, 2.24) is 0 Å². The van der Waals surface area contributed by atoms with E-state index in [1.165, 1.54) is 15.6 Å². The maximum atomic E-state index is 6.49. The second kappa shape index (κ2) is 6.33. The number of hydrogen-bond acceptors (Lipinski definition) is 2. The Labute approximate surface area is 151 Å². The molecule has 4 rings (SSSR count). The minimum absolute atomic E-state index is 0.268. The van der Waals surface area contributed by atoms with Crippen LogP contribution in [0.2, 0.25) is 10.3 Å². The predicted octanol–water partition coefficient (Wildman–Crippen LogP) is 4.68. The van der Waals surface area contributed by atoms with Crippen LogP contribution in [0, 0.1) is 0 Å². The molecule has 2 heterocycles. The van der Waals surface area contributed by atoms with Crippen molar-refractivity contribution in [2.75, 3.05) is 0 Å². The molecule has 116 valence electrons. The quantitative estimate of drug-likeness (QED) is 0.573. The molecule has 23 heavy (non-hydrogen) atoms. The summed E-state index contributed by atoms with van der Waals surface area (Å²) in [5.41, 5.74) is 2.25. The van der Waals surface area contributed by atoms with Gasteiger partial charge in [-0.05, 0) is 0 Å². The Balaban J connectivity index is 1.68. The van der Waals surface area contributed by atoms with Crippen LogP contribution < -0.4 is 9.20 Å². The second-order valence-corrected chi connectivity index (χ2v) is 9.05. The van der Waals surface area contributed by atoms with E-state index < -0.39 is 0 Å². The Kier molecular flexibility index (Phi) is 4.21. The van der Waals surface area contributed by atoms with Gasteiger partial charge in [-0.15, -0.1) is 0 Å². The van der Waals surface area contributed by atoms with Crippen molar-refractivity contribution in [1.29, 1.82) is 0 Å². The SMILES string of the molecule is Clc1ccc(C2(C[Se]c3ccsc3)Cc3ccccc3O2)cc1. The Bertz CT molecular complexity index is 774. The van der Waals surface area contributed by atoms with E-state index in [1.54, 1.807) is 11.3 Å². The number of hydrogen-bond donors (Lipinski definition) is 0. The third kappa shape index (κ3) is 3.07. The van der Waals surface area contributed by atoms with Crippen LogP contribution in [-0.4, -0.2) is 15.0 Å². The Morgan fingerprint density at radius 1 is 1.09 bits per heavy atom. The van der Waals surface area contributed by atoms with E-state index in [-0.39, 0.29) is 5.60 Å². The Hall–Kier alpha value is -1.25. The molecule has 0 amide bonds. The molecule has 2 aromatic carbocycles. The summed E-state index contributed by atoms with van der Waals surface area (Å²) in [6, 6.07) is 18.7. The molecule has 4 heteroatoms. The summed E-state index contributed by atoms with van der Waals surface area (Å²) in [6.45, 7) is 0. The first-order valence-corrected chi connectivity index (χ1v) is 10.8. The van der Waals surface area contributed by atoms with Crippen LogP contribution in [0.1, 0.15) is 11.1 Å². The van der Waals surface area contributed by atoms with Gasteiger partial charge in [0.2, 0.25) is 0 Å². The zero-order valence-corrected chi connectivity index (χ0v) is 15.7. The van der Waals surface area contributed by atoms with Crippen molar-refractivity contribution >= 4 is 42.4 Å². The summed E-state index contributed by atoms with van der Waals surface area (Å²) in [7, 11) is 0. The minimum atomic E-state index is -0.268. The normalized spacial score (nSPS) is 19.3. The number of rotatable bonds is 4. The summed E-state index contributed by atoms with van der Waals surface area (Å²) in [4.78, 5) is 0. The fourth-order valence-electron chi connectivity index (χ4n) is 2.92. The number of thiophene rings is 1. The number of ether oxygens (including phenoxy) is 1. The topological polar surface area (TPSA) is 9.23 Å². The first kappa shape index (κ1) is 15.3. The molecule has 0 spiro atoms. The van der Waals surface area contributed by atoms with Crippen molar-refractivity contribution in [3.63, 3.8) is 0 Å². The van der Waals surface area contributed by atoms with E-state index >= 15 is 0 Å². The van der Waals surface area contributed by atoms with E-state index in [0.29, 0.717) is 15.0 Å². The van der Waals surface area contributed by atoms with Gasteiger partial charge in [0.25, 0.3) is 0 Å². The molecule has 0 saturated carbocycles. The third-order valence-corrected chi connectivity index (χ3v) is 7.88. The van der Waals surface area contributed by atoms with E-state index in [9.17, 15) is 0 Å². The van der Waals surface area contributed by atoms with Crippen LogP contribution >= 0.6 is 22.9 Å². The van der Waals surface area contributed by atoms with Gasteiger partial charge in [0.1, 0.15) is 0 Å². The first-order chi connectivity index (χ1) is 11.3. The van der Waals surface area contributed by atoms with Crippen LogP contribution in [0.25, 0.3) is 0 Å². The molecule has 1 atom stereocenters. The third-order valence-electron chi connectivity index (χ3n) is 4.09. The average Bonchev–Trinajstić information content (AvgIpc) is 3.21. The molecule has 1 aliphatic rings. The fourth-order valence-corrected chi connectivity index (χ4v) is 6.47. The van der Waals surface area contributed by atoms with Crippen molar-refractivity contribution in [3.8, 4) is 5.75 Å². The zero-order chi connectivity index (χ0) is 15.7. The van der Waals surface area contributed by atoms with Gasteiger partial charge in [0.15, 0.2) is 0 Å². The van der Waals surface area contributed by atoms with E-state index in [2.05, 4.69) is 47.2 Å². The summed E-state index contributed by atoms with van der Waals surface area (Å²) in [5, 5.41) is 6.18. The van der Waals surface area contributed by atoms with Gasteiger partial charge in [-0.2, -0.15) is 0 Å². The molecule has 0 saturated heterocycles. The van der Waals surface area contributed by atoms with Gasteiger partial charge in [-0.1, -0.05) is 0 Å². The second-order valence-electron chi connectivity index (χ2n) is 5.64. The fraction of sp³-hybridized carbons (Fsp3) is 0.158. The van der Waals surface area contributed by atoms with E-state index in [0.717, 1.165) is 22.5 Å². The van der Waals surface area contributed by atoms with Crippen molar-refractivity contribution < 1.29 is 4.74 Å². The number of para-hydroxylation sites is 1. The Morgan fingerprint density at radius 2 is 1.91 bits per heavy atom. The molecular formula is C19H15ClOSSe. The predicted molar refractivity (Wildman–Crippen MR) is 98.4 cm³/mol. The molecule has 3 aromatic rings. The molecule has 0 bridgehead atoms. The maximum absolute atomic E-state index is 6.49. The molecule has 0 aliphatic carbocycles. The van der Waals surface area contributed by atoms with Gasteiger partial charge < -0.3 is 0 Å². The first-order valence-electron chi connectivity index (χ1n) is 7.43. The summed E-state index contributed by atoms with van der Waals surface area (Å²) >= 11 is 8.23. The summed E-state index contributed by atoms with van der Waals surface area (Å²) in [6.07, 6.45) is 0.927. The van der Waals surface area contributed by atoms with E-state index in [4.69, 9.17) is 16.3 Å². The van der Waals surface area contributed by atoms with Crippen LogP contribution in [0.3, 0.4) is 0 Å².